The highest BCUT2D eigenvalue weighted by Crippen LogP contribution is 2.23. The van der Waals surface area contributed by atoms with E-state index in [1.807, 2.05) is 11.9 Å². The molecule has 2 rings (SSSR count). The summed E-state index contributed by atoms with van der Waals surface area (Å²) in [6, 6.07) is 0.630. The first-order valence-corrected chi connectivity index (χ1v) is 5.79. The monoisotopic (exact) mass is 196 g/mol. The molecule has 1 saturated heterocycles. The van der Waals surface area contributed by atoms with Crippen LogP contribution < -0.4 is 5.32 Å². The predicted molar refractivity (Wildman–Crippen MR) is 56.1 cm³/mol. The fourth-order valence-electron chi connectivity index (χ4n) is 2.61. The standard InChI is InChI=1S/C11H20N2O/c1-13(9-5-2-3-6-9)11(14)10-7-4-8-12-10/h9-10,12H,2-8H2,1H3/t10-/m1/s1. The fraction of sp³-hybridized carbons (Fsp3) is 0.909. The lowest BCUT2D eigenvalue weighted by molar-refractivity contribution is -0.133. The summed E-state index contributed by atoms with van der Waals surface area (Å²) >= 11 is 0. The Kier molecular flexibility index (Phi) is 3.06. The minimum Gasteiger partial charge on any atom is -0.341 e. The number of likely N-dealkylation sites (N-methyl/N-ethyl adjacent to an activating group) is 1. The van der Waals surface area contributed by atoms with Gasteiger partial charge in [-0.05, 0) is 32.2 Å². The second kappa shape index (κ2) is 4.30. The highest BCUT2D eigenvalue weighted by atomic mass is 16.2. The van der Waals surface area contributed by atoms with Gasteiger partial charge in [0.2, 0.25) is 5.91 Å². The van der Waals surface area contributed by atoms with E-state index in [9.17, 15) is 4.79 Å². The van der Waals surface area contributed by atoms with E-state index in [1.165, 1.54) is 25.7 Å². The quantitative estimate of drug-likeness (QED) is 0.718. The van der Waals surface area contributed by atoms with Gasteiger partial charge in [-0.1, -0.05) is 12.8 Å². The van der Waals surface area contributed by atoms with Crippen LogP contribution in [0.4, 0.5) is 0 Å². The van der Waals surface area contributed by atoms with Gasteiger partial charge in [0.25, 0.3) is 0 Å². The lowest BCUT2D eigenvalue weighted by atomic mass is 10.1. The van der Waals surface area contributed by atoms with Crippen molar-refractivity contribution >= 4 is 5.91 Å². The van der Waals surface area contributed by atoms with E-state index < -0.39 is 0 Å². The molecule has 1 heterocycles. The van der Waals surface area contributed by atoms with Crippen LogP contribution >= 0.6 is 0 Å². The first-order valence-electron chi connectivity index (χ1n) is 5.79. The lowest BCUT2D eigenvalue weighted by Crippen LogP contribution is -2.45. The zero-order valence-corrected chi connectivity index (χ0v) is 8.96. The molecule has 3 heteroatoms. The van der Waals surface area contributed by atoms with Crippen LogP contribution in [0.1, 0.15) is 38.5 Å². The van der Waals surface area contributed by atoms with Crippen molar-refractivity contribution in [2.45, 2.75) is 50.6 Å². The molecule has 0 aromatic rings. The first kappa shape index (κ1) is 9.97. The van der Waals surface area contributed by atoms with Crippen molar-refractivity contribution < 1.29 is 4.79 Å². The van der Waals surface area contributed by atoms with Gasteiger partial charge in [0.15, 0.2) is 0 Å². The molecular formula is C11H20N2O. The van der Waals surface area contributed by atoms with Crippen LogP contribution in [0.5, 0.6) is 0 Å². The van der Waals surface area contributed by atoms with Gasteiger partial charge >= 0.3 is 0 Å². The Labute approximate surface area is 85.8 Å². The number of nitrogens with one attached hydrogen (secondary N) is 1. The number of hydrogen-bond donors (Lipinski definition) is 1. The molecule has 2 aliphatic rings. The maximum Gasteiger partial charge on any atom is 0.239 e. The molecule has 0 spiro atoms. The molecule has 0 unspecified atom stereocenters. The van der Waals surface area contributed by atoms with E-state index >= 15 is 0 Å². The fourth-order valence-corrected chi connectivity index (χ4v) is 2.61. The van der Waals surface area contributed by atoms with E-state index in [0.717, 1.165) is 19.4 Å². The van der Waals surface area contributed by atoms with Crippen LogP contribution in [0.25, 0.3) is 0 Å². The Bertz CT molecular complexity index is 205. The van der Waals surface area contributed by atoms with Crippen molar-refractivity contribution in [2.75, 3.05) is 13.6 Å². The number of carbonyl (C=O) groups is 1. The molecule has 80 valence electrons. The molecule has 0 radical (unpaired) electrons. The maximum absolute atomic E-state index is 12.0. The van der Waals surface area contributed by atoms with Gasteiger partial charge in [-0.15, -0.1) is 0 Å². The first-order chi connectivity index (χ1) is 6.79. The largest absolute Gasteiger partial charge is 0.341 e. The Balaban J connectivity index is 1.89. The second-order valence-corrected chi connectivity index (χ2v) is 4.54. The summed E-state index contributed by atoms with van der Waals surface area (Å²) in [5, 5.41) is 3.27. The van der Waals surface area contributed by atoms with Crippen molar-refractivity contribution in [1.82, 2.24) is 10.2 Å². The van der Waals surface area contributed by atoms with Gasteiger partial charge in [0.1, 0.15) is 0 Å². The summed E-state index contributed by atoms with van der Waals surface area (Å²) in [4.78, 5) is 14.0. The van der Waals surface area contributed by atoms with Crippen LogP contribution in [0.2, 0.25) is 0 Å². The van der Waals surface area contributed by atoms with Crippen LogP contribution in [0, 0.1) is 0 Å². The number of rotatable bonds is 2. The number of hydrogen-bond acceptors (Lipinski definition) is 2. The lowest BCUT2D eigenvalue weighted by Gasteiger charge is -2.27. The molecular weight excluding hydrogens is 176 g/mol. The van der Waals surface area contributed by atoms with Crippen molar-refractivity contribution in [3.8, 4) is 0 Å². The van der Waals surface area contributed by atoms with Crippen LogP contribution in [-0.4, -0.2) is 36.5 Å². The van der Waals surface area contributed by atoms with Crippen LogP contribution in [0.3, 0.4) is 0 Å². The molecule has 0 aromatic carbocycles. The van der Waals surface area contributed by atoms with Crippen molar-refractivity contribution in [3.63, 3.8) is 0 Å². The summed E-state index contributed by atoms with van der Waals surface area (Å²) in [5.74, 6) is 0.314. The molecule has 1 atom stereocenters. The Morgan fingerprint density at radius 1 is 1.21 bits per heavy atom. The van der Waals surface area contributed by atoms with Crippen molar-refractivity contribution in [1.29, 1.82) is 0 Å². The summed E-state index contributed by atoms with van der Waals surface area (Å²) in [7, 11) is 1.97. The third kappa shape index (κ3) is 1.92. The van der Waals surface area contributed by atoms with Gasteiger partial charge in [-0.25, -0.2) is 0 Å². The molecule has 1 amide bonds. The molecule has 1 saturated carbocycles. The molecule has 0 aromatic heterocycles. The van der Waals surface area contributed by atoms with Gasteiger partial charge in [0.05, 0.1) is 6.04 Å². The van der Waals surface area contributed by atoms with Gasteiger partial charge < -0.3 is 10.2 Å². The SMILES string of the molecule is CN(C(=O)[C@H]1CCCN1)C1CCCC1. The van der Waals surface area contributed by atoms with E-state index in [0.29, 0.717) is 11.9 Å². The molecule has 1 aliphatic carbocycles. The molecule has 1 aliphatic heterocycles. The van der Waals surface area contributed by atoms with E-state index in [4.69, 9.17) is 0 Å². The smallest absolute Gasteiger partial charge is 0.239 e. The highest BCUT2D eigenvalue weighted by molar-refractivity contribution is 5.82. The minimum atomic E-state index is 0.112. The zero-order valence-electron chi connectivity index (χ0n) is 8.96. The predicted octanol–water partition coefficient (Wildman–Crippen LogP) is 1.14. The van der Waals surface area contributed by atoms with Gasteiger partial charge in [0, 0.05) is 13.1 Å². The topological polar surface area (TPSA) is 32.3 Å². The van der Waals surface area contributed by atoms with Gasteiger partial charge in [-0.3, -0.25) is 4.79 Å². The van der Waals surface area contributed by atoms with E-state index in [-0.39, 0.29) is 6.04 Å². The summed E-state index contributed by atoms with van der Waals surface area (Å²) in [6.07, 6.45) is 7.16. The number of carbonyl (C=O) groups excluding carboxylic acids is 1. The molecule has 14 heavy (non-hydrogen) atoms. The normalized spacial score (nSPS) is 28.2. The van der Waals surface area contributed by atoms with E-state index in [1.54, 1.807) is 0 Å². The maximum atomic E-state index is 12.0. The van der Waals surface area contributed by atoms with Crippen molar-refractivity contribution in [2.24, 2.45) is 0 Å². The second-order valence-electron chi connectivity index (χ2n) is 4.54. The highest BCUT2D eigenvalue weighted by Gasteiger charge is 2.29. The Morgan fingerprint density at radius 3 is 2.50 bits per heavy atom. The summed E-state index contributed by atoms with van der Waals surface area (Å²) in [6.45, 7) is 1.01. The number of nitrogens with zero attached hydrogens (tertiary/aromatic N) is 1. The molecule has 1 N–H and O–H groups in total. The summed E-state index contributed by atoms with van der Waals surface area (Å²) < 4.78 is 0. The average molecular weight is 196 g/mol. The Hall–Kier alpha value is -0.570. The molecule has 2 fully saturated rings. The average Bonchev–Trinajstić information content (AvgIpc) is 2.87. The minimum absolute atomic E-state index is 0.112. The van der Waals surface area contributed by atoms with Crippen LogP contribution in [-0.2, 0) is 4.79 Å². The van der Waals surface area contributed by atoms with Crippen LogP contribution in [0.15, 0.2) is 0 Å². The molecule has 3 nitrogen and oxygen atoms in total. The third-order valence-electron chi connectivity index (χ3n) is 3.58. The number of amides is 1. The van der Waals surface area contributed by atoms with Gasteiger partial charge in [-0.2, -0.15) is 0 Å². The molecule has 0 bridgehead atoms. The Morgan fingerprint density at radius 2 is 1.93 bits per heavy atom. The third-order valence-corrected chi connectivity index (χ3v) is 3.58. The van der Waals surface area contributed by atoms with E-state index in [2.05, 4.69) is 5.32 Å². The van der Waals surface area contributed by atoms with Crippen molar-refractivity contribution in [3.05, 3.63) is 0 Å². The zero-order chi connectivity index (χ0) is 9.97. The summed E-state index contributed by atoms with van der Waals surface area (Å²) in [5.41, 5.74) is 0.